The van der Waals surface area contributed by atoms with Gasteiger partial charge in [-0.15, -0.1) is 0 Å². The number of hydrogen-bond acceptors (Lipinski definition) is 1. The molecule has 0 aliphatic heterocycles. The first-order chi connectivity index (χ1) is 7.76. The van der Waals surface area contributed by atoms with E-state index in [1.54, 1.807) is 0 Å². The van der Waals surface area contributed by atoms with Gasteiger partial charge in [0.25, 0.3) is 0 Å². The van der Waals surface area contributed by atoms with Gasteiger partial charge in [-0.3, -0.25) is 0 Å². The Labute approximate surface area is 104 Å². The van der Waals surface area contributed by atoms with Gasteiger partial charge >= 0.3 is 0 Å². The van der Waals surface area contributed by atoms with Crippen LogP contribution in [0.25, 0.3) is 0 Å². The van der Waals surface area contributed by atoms with Crippen molar-refractivity contribution in [2.75, 3.05) is 0 Å². The highest BCUT2D eigenvalue weighted by Crippen LogP contribution is 2.34. The number of benzene rings is 1. The predicted octanol–water partition coefficient (Wildman–Crippen LogP) is 2.52. The molecular formula is C15H23NO. The molecule has 94 valence electrons. The minimum Gasteiger partial charge on any atom is -0.625 e. The fourth-order valence-electron chi connectivity index (χ4n) is 2.61. The second-order valence-electron chi connectivity index (χ2n) is 6.46. The summed E-state index contributed by atoms with van der Waals surface area (Å²) in [7, 11) is 0. The standard InChI is InChI=1S/C15H23NO/c1-14(2,3)11-15(4,5)13(16-17)12-9-7-6-8-10-12/h6-10,16H,11H2,1-5H3. The molecule has 0 fully saturated rings. The second-order valence-corrected chi connectivity index (χ2v) is 6.46. The first-order valence-corrected chi connectivity index (χ1v) is 6.07. The number of rotatable bonds is 3. The molecule has 0 aliphatic rings. The zero-order chi connectivity index (χ0) is 13.1. The van der Waals surface area contributed by atoms with E-state index in [9.17, 15) is 5.21 Å². The van der Waals surface area contributed by atoms with Crippen molar-refractivity contribution in [1.82, 2.24) is 0 Å². The van der Waals surface area contributed by atoms with E-state index in [2.05, 4.69) is 39.8 Å². The zero-order valence-electron chi connectivity index (χ0n) is 11.5. The Kier molecular flexibility index (Phi) is 3.97. The van der Waals surface area contributed by atoms with Crippen molar-refractivity contribution in [3.63, 3.8) is 0 Å². The van der Waals surface area contributed by atoms with E-state index in [1.165, 1.54) is 0 Å². The summed E-state index contributed by atoms with van der Waals surface area (Å²) >= 11 is 0. The van der Waals surface area contributed by atoms with Gasteiger partial charge in [-0.25, -0.2) is 5.16 Å². The summed E-state index contributed by atoms with van der Waals surface area (Å²) in [6.45, 7) is 10.8. The molecule has 1 rings (SSSR count). The van der Waals surface area contributed by atoms with Crippen LogP contribution in [0.4, 0.5) is 0 Å². The van der Waals surface area contributed by atoms with E-state index in [-0.39, 0.29) is 10.8 Å². The molecule has 2 heteroatoms. The molecule has 1 aromatic rings. The third-order valence-corrected chi connectivity index (χ3v) is 2.81. The van der Waals surface area contributed by atoms with Crippen LogP contribution in [-0.2, 0) is 0 Å². The van der Waals surface area contributed by atoms with E-state index >= 15 is 0 Å². The van der Waals surface area contributed by atoms with Crippen LogP contribution >= 0.6 is 0 Å². The van der Waals surface area contributed by atoms with E-state index < -0.39 is 0 Å². The molecule has 0 radical (unpaired) electrons. The van der Waals surface area contributed by atoms with Crippen molar-refractivity contribution in [1.29, 1.82) is 0 Å². The molecule has 0 atom stereocenters. The lowest BCUT2D eigenvalue weighted by molar-refractivity contribution is -0.378. The normalized spacial score (nSPS) is 13.8. The number of hydrogen-bond donors (Lipinski definition) is 1. The first kappa shape index (κ1) is 13.8. The monoisotopic (exact) mass is 233 g/mol. The van der Waals surface area contributed by atoms with Crippen molar-refractivity contribution in [3.8, 4) is 0 Å². The minimum atomic E-state index is -0.151. The van der Waals surface area contributed by atoms with Gasteiger partial charge in [0.15, 0.2) is 5.71 Å². The van der Waals surface area contributed by atoms with Crippen LogP contribution in [0.3, 0.4) is 0 Å². The van der Waals surface area contributed by atoms with Crippen LogP contribution in [0, 0.1) is 16.0 Å². The maximum Gasteiger partial charge on any atom is 0.198 e. The third-order valence-electron chi connectivity index (χ3n) is 2.81. The maximum absolute atomic E-state index is 11.3. The molecule has 0 spiro atoms. The van der Waals surface area contributed by atoms with E-state index in [0.29, 0.717) is 0 Å². The quantitative estimate of drug-likeness (QED) is 0.486. The SMILES string of the molecule is CC(C)(C)CC(C)(C)C(=[NH+][O-])c1ccccc1. The molecule has 1 N–H and O–H groups in total. The molecule has 0 saturated carbocycles. The molecule has 0 aliphatic carbocycles. The molecular weight excluding hydrogens is 210 g/mol. The molecule has 0 unspecified atom stereocenters. The summed E-state index contributed by atoms with van der Waals surface area (Å²) in [6.07, 6.45) is 0.958. The molecule has 1 aromatic carbocycles. The molecule has 0 heterocycles. The highest BCUT2D eigenvalue weighted by atomic mass is 16.4. The first-order valence-electron chi connectivity index (χ1n) is 6.07. The fraction of sp³-hybridized carbons (Fsp3) is 0.533. The summed E-state index contributed by atoms with van der Waals surface area (Å²) in [6, 6.07) is 9.83. The van der Waals surface area contributed by atoms with Gasteiger partial charge in [0.1, 0.15) is 0 Å². The second kappa shape index (κ2) is 4.91. The van der Waals surface area contributed by atoms with Crippen molar-refractivity contribution in [2.24, 2.45) is 10.8 Å². The lowest BCUT2D eigenvalue weighted by Crippen LogP contribution is -2.69. The third kappa shape index (κ3) is 3.88. The van der Waals surface area contributed by atoms with Crippen molar-refractivity contribution >= 4 is 5.71 Å². The van der Waals surface area contributed by atoms with Crippen LogP contribution in [0.5, 0.6) is 0 Å². The Morgan fingerprint density at radius 3 is 2.00 bits per heavy atom. The van der Waals surface area contributed by atoms with E-state index in [0.717, 1.165) is 17.7 Å². The highest BCUT2D eigenvalue weighted by molar-refractivity contribution is 6.00. The van der Waals surface area contributed by atoms with Crippen molar-refractivity contribution in [3.05, 3.63) is 41.1 Å². The lowest BCUT2D eigenvalue weighted by atomic mass is 9.72. The molecule has 0 saturated heterocycles. The Hall–Kier alpha value is -1.31. The largest absolute Gasteiger partial charge is 0.625 e. The number of nitrogens with one attached hydrogen (secondary N) is 1. The molecule has 0 aromatic heterocycles. The molecule has 2 nitrogen and oxygen atoms in total. The molecule has 0 amide bonds. The van der Waals surface area contributed by atoms with Crippen molar-refractivity contribution < 1.29 is 5.16 Å². The van der Waals surface area contributed by atoms with Crippen LogP contribution in [0.1, 0.15) is 46.6 Å². The Morgan fingerprint density at radius 1 is 1.06 bits per heavy atom. The topological polar surface area (TPSA) is 37.0 Å². The van der Waals surface area contributed by atoms with Crippen LogP contribution < -0.4 is 5.16 Å². The smallest absolute Gasteiger partial charge is 0.198 e. The summed E-state index contributed by atoms with van der Waals surface area (Å²) in [5.74, 6) is 0. The van der Waals surface area contributed by atoms with Crippen LogP contribution in [0.15, 0.2) is 30.3 Å². The molecule has 0 bridgehead atoms. The van der Waals surface area contributed by atoms with Crippen LogP contribution in [0.2, 0.25) is 0 Å². The fourth-order valence-corrected chi connectivity index (χ4v) is 2.61. The average Bonchev–Trinajstić information content (AvgIpc) is 2.15. The van der Waals surface area contributed by atoms with E-state index in [4.69, 9.17) is 0 Å². The zero-order valence-corrected chi connectivity index (χ0v) is 11.5. The summed E-state index contributed by atoms with van der Waals surface area (Å²) in [5, 5.41) is 13.4. The van der Waals surface area contributed by atoms with Crippen molar-refractivity contribution in [2.45, 2.75) is 41.0 Å². The van der Waals surface area contributed by atoms with Gasteiger partial charge in [0, 0.05) is 5.56 Å². The molecule has 17 heavy (non-hydrogen) atoms. The van der Waals surface area contributed by atoms with Gasteiger partial charge < -0.3 is 5.21 Å². The van der Waals surface area contributed by atoms with Gasteiger partial charge in [-0.1, -0.05) is 39.0 Å². The lowest BCUT2D eigenvalue weighted by Gasteiger charge is -2.31. The van der Waals surface area contributed by atoms with Gasteiger partial charge in [0.2, 0.25) is 0 Å². The van der Waals surface area contributed by atoms with E-state index in [1.807, 2.05) is 30.3 Å². The average molecular weight is 233 g/mol. The Morgan fingerprint density at radius 2 is 1.59 bits per heavy atom. The van der Waals surface area contributed by atoms with Gasteiger partial charge in [0.05, 0.1) is 5.41 Å². The minimum absolute atomic E-state index is 0.151. The summed E-state index contributed by atoms with van der Waals surface area (Å²) in [4.78, 5) is 0. The summed E-state index contributed by atoms with van der Waals surface area (Å²) in [5.41, 5.74) is 1.80. The Balaban J connectivity index is 3.04. The van der Waals surface area contributed by atoms with Crippen LogP contribution in [-0.4, -0.2) is 5.71 Å². The maximum atomic E-state index is 11.3. The summed E-state index contributed by atoms with van der Waals surface area (Å²) < 4.78 is 0. The predicted molar refractivity (Wildman–Crippen MR) is 72.7 cm³/mol. The van der Waals surface area contributed by atoms with Gasteiger partial charge in [-0.2, -0.15) is 0 Å². The highest BCUT2D eigenvalue weighted by Gasteiger charge is 2.34. The Bertz CT molecular complexity index is 385. The van der Waals surface area contributed by atoms with Gasteiger partial charge in [-0.05, 0) is 37.8 Å².